The molecule has 2 aromatic heterocycles. The second kappa shape index (κ2) is 5.25. The lowest BCUT2D eigenvalue weighted by molar-refractivity contribution is 0.102. The molecule has 23 heavy (non-hydrogen) atoms. The number of carbonyl (C=O) groups excluding carboxylic acids is 1. The van der Waals surface area contributed by atoms with Gasteiger partial charge >= 0.3 is 0 Å². The summed E-state index contributed by atoms with van der Waals surface area (Å²) < 4.78 is 0. The van der Waals surface area contributed by atoms with Crippen LogP contribution in [0, 0.1) is 6.92 Å². The van der Waals surface area contributed by atoms with Crippen molar-refractivity contribution in [2.24, 2.45) is 0 Å². The number of rotatable bonds is 2. The Bertz CT molecular complexity index is 1030. The predicted octanol–water partition coefficient (Wildman–Crippen LogP) is 4.28. The highest BCUT2D eigenvalue weighted by molar-refractivity contribution is 6.04. The largest absolute Gasteiger partial charge is 0.359 e. The highest BCUT2D eigenvalue weighted by Gasteiger charge is 2.09. The number of aromatic amines is 1. The second-order valence-corrected chi connectivity index (χ2v) is 5.60. The molecule has 4 nitrogen and oxygen atoms in total. The Balaban J connectivity index is 1.64. The minimum Gasteiger partial charge on any atom is -0.359 e. The zero-order valence-electron chi connectivity index (χ0n) is 12.6. The van der Waals surface area contributed by atoms with Crippen LogP contribution >= 0.6 is 0 Å². The topological polar surface area (TPSA) is 57.8 Å². The van der Waals surface area contributed by atoms with Crippen LogP contribution in [0.1, 0.15) is 16.2 Å². The molecule has 4 rings (SSSR count). The highest BCUT2D eigenvalue weighted by atomic mass is 16.1. The van der Waals surface area contributed by atoms with Crippen LogP contribution in [0.4, 0.5) is 5.69 Å². The quantitative estimate of drug-likeness (QED) is 0.580. The van der Waals surface area contributed by atoms with E-state index in [0.717, 1.165) is 33.2 Å². The summed E-state index contributed by atoms with van der Waals surface area (Å²) in [4.78, 5) is 20.1. The molecule has 4 aromatic rings. The van der Waals surface area contributed by atoms with E-state index in [1.54, 1.807) is 6.07 Å². The molecule has 2 aromatic carbocycles. The maximum Gasteiger partial charge on any atom is 0.274 e. The van der Waals surface area contributed by atoms with Gasteiger partial charge < -0.3 is 10.3 Å². The van der Waals surface area contributed by atoms with Gasteiger partial charge in [-0.15, -0.1) is 0 Å². The van der Waals surface area contributed by atoms with Crippen LogP contribution in [0.2, 0.25) is 0 Å². The van der Waals surface area contributed by atoms with E-state index < -0.39 is 0 Å². The Morgan fingerprint density at radius 1 is 1.00 bits per heavy atom. The third kappa shape index (κ3) is 2.55. The summed E-state index contributed by atoms with van der Waals surface area (Å²) >= 11 is 0. The van der Waals surface area contributed by atoms with E-state index in [1.807, 2.05) is 55.5 Å². The Morgan fingerprint density at radius 2 is 1.87 bits per heavy atom. The van der Waals surface area contributed by atoms with Crippen LogP contribution in [0.15, 0.2) is 60.7 Å². The number of benzene rings is 2. The average molecular weight is 301 g/mol. The molecule has 112 valence electrons. The normalized spacial score (nSPS) is 11.0. The maximum absolute atomic E-state index is 12.4. The first-order valence-corrected chi connectivity index (χ1v) is 7.45. The van der Waals surface area contributed by atoms with Crippen molar-refractivity contribution in [3.63, 3.8) is 0 Å². The van der Waals surface area contributed by atoms with Crippen LogP contribution in [0.25, 0.3) is 21.8 Å². The minimum absolute atomic E-state index is 0.206. The molecule has 0 radical (unpaired) electrons. The molecule has 4 heteroatoms. The highest BCUT2D eigenvalue weighted by Crippen LogP contribution is 2.20. The van der Waals surface area contributed by atoms with Crippen molar-refractivity contribution >= 4 is 33.4 Å². The third-order valence-electron chi connectivity index (χ3n) is 3.84. The van der Waals surface area contributed by atoms with Crippen LogP contribution in [0.3, 0.4) is 0 Å². The molecule has 0 unspecified atom stereocenters. The number of aryl methyl sites for hydroxylation is 1. The number of nitrogens with zero attached hydrogens (tertiary/aromatic N) is 1. The van der Waals surface area contributed by atoms with Gasteiger partial charge in [0.05, 0.1) is 5.52 Å². The molecule has 0 aliphatic carbocycles. The molecular weight excluding hydrogens is 286 g/mol. The fourth-order valence-electron chi connectivity index (χ4n) is 2.74. The van der Waals surface area contributed by atoms with Gasteiger partial charge in [0.25, 0.3) is 5.91 Å². The summed E-state index contributed by atoms with van der Waals surface area (Å²) in [5.41, 5.74) is 4.14. The molecule has 0 bridgehead atoms. The molecule has 2 N–H and O–H groups in total. The van der Waals surface area contributed by atoms with Gasteiger partial charge in [0.1, 0.15) is 5.69 Å². The molecule has 0 fully saturated rings. The molecule has 0 saturated carbocycles. The van der Waals surface area contributed by atoms with Gasteiger partial charge in [0.2, 0.25) is 0 Å². The standard InChI is InChI=1S/C19H15N3O/c1-12-10-14-11-15(7-9-17(14)20-12)21-19(23)18-8-6-13-4-2-3-5-16(13)22-18/h2-11,20H,1H3,(H,21,23). The zero-order valence-corrected chi connectivity index (χ0v) is 12.6. The third-order valence-corrected chi connectivity index (χ3v) is 3.84. The Labute approximate surface area is 133 Å². The van der Waals surface area contributed by atoms with Gasteiger partial charge in [-0.25, -0.2) is 4.98 Å². The molecule has 0 saturated heterocycles. The van der Waals surface area contributed by atoms with Crippen molar-refractivity contribution in [2.75, 3.05) is 5.32 Å². The fraction of sp³-hybridized carbons (Fsp3) is 0.0526. The van der Waals surface area contributed by atoms with Gasteiger partial charge in [-0.05, 0) is 43.3 Å². The number of H-pyrrole nitrogens is 1. The molecule has 0 aliphatic heterocycles. The summed E-state index contributed by atoms with van der Waals surface area (Å²) in [6.07, 6.45) is 0. The van der Waals surface area contributed by atoms with Gasteiger partial charge in [-0.2, -0.15) is 0 Å². The number of hydrogen-bond acceptors (Lipinski definition) is 2. The van der Waals surface area contributed by atoms with Gasteiger partial charge in [-0.1, -0.05) is 24.3 Å². The van der Waals surface area contributed by atoms with Gasteiger partial charge in [0, 0.05) is 27.7 Å². The number of para-hydroxylation sites is 1. The minimum atomic E-state index is -0.206. The van der Waals surface area contributed by atoms with Crippen LogP contribution in [-0.4, -0.2) is 15.9 Å². The van der Waals surface area contributed by atoms with Gasteiger partial charge in [-0.3, -0.25) is 4.79 Å². The number of nitrogens with one attached hydrogen (secondary N) is 2. The maximum atomic E-state index is 12.4. The van der Waals surface area contributed by atoms with E-state index in [0.29, 0.717) is 5.69 Å². The lowest BCUT2D eigenvalue weighted by atomic mass is 10.2. The van der Waals surface area contributed by atoms with Crippen molar-refractivity contribution in [3.05, 3.63) is 72.1 Å². The van der Waals surface area contributed by atoms with Crippen molar-refractivity contribution in [2.45, 2.75) is 6.92 Å². The first-order chi connectivity index (χ1) is 11.2. The number of aromatic nitrogens is 2. The lowest BCUT2D eigenvalue weighted by Gasteiger charge is -2.06. The Morgan fingerprint density at radius 3 is 2.78 bits per heavy atom. The monoisotopic (exact) mass is 301 g/mol. The van der Waals surface area contributed by atoms with E-state index in [-0.39, 0.29) is 5.91 Å². The zero-order chi connectivity index (χ0) is 15.8. The van der Waals surface area contributed by atoms with Crippen molar-refractivity contribution in [1.82, 2.24) is 9.97 Å². The van der Waals surface area contributed by atoms with E-state index in [4.69, 9.17) is 0 Å². The lowest BCUT2D eigenvalue weighted by Crippen LogP contribution is -2.13. The van der Waals surface area contributed by atoms with Crippen molar-refractivity contribution in [1.29, 1.82) is 0 Å². The number of anilines is 1. The van der Waals surface area contributed by atoms with Crippen molar-refractivity contribution in [3.8, 4) is 0 Å². The SMILES string of the molecule is Cc1cc2cc(NC(=O)c3ccc4ccccc4n3)ccc2[nH]1. The van der Waals surface area contributed by atoms with Crippen molar-refractivity contribution < 1.29 is 4.79 Å². The molecule has 0 aliphatic rings. The number of pyridine rings is 1. The van der Waals surface area contributed by atoms with Crippen LogP contribution < -0.4 is 5.32 Å². The van der Waals surface area contributed by atoms with E-state index >= 15 is 0 Å². The molecule has 2 heterocycles. The van der Waals surface area contributed by atoms with Gasteiger partial charge in [0.15, 0.2) is 0 Å². The van der Waals surface area contributed by atoms with E-state index in [9.17, 15) is 4.79 Å². The Hall–Kier alpha value is -3.14. The number of hydrogen-bond donors (Lipinski definition) is 2. The molecular formula is C19H15N3O. The Kier molecular flexibility index (Phi) is 3.08. The number of carbonyl (C=O) groups is 1. The van der Waals surface area contributed by atoms with E-state index in [1.165, 1.54) is 0 Å². The fourth-order valence-corrected chi connectivity index (χ4v) is 2.74. The average Bonchev–Trinajstić information content (AvgIpc) is 2.93. The first kappa shape index (κ1) is 13.5. The first-order valence-electron chi connectivity index (χ1n) is 7.45. The number of fused-ring (bicyclic) bond motifs is 2. The summed E-state index contributed by atoms with van der Waals surface area (Å²) in [6, 6.07) is 19.3. The summed E-state index contributed by atoms with van der Waals surface area (Å²) in [5.74, 6) is -0.206. The molecule has 0 spiro atoms. The molecule has 1 amide bonds. The van der Waals surface area contributed by atoms with Crippen LogP contribution in [-0.2, 0) is 0 Å². The predicted molar refractivity (Wildman–Crippen MR) is 92.7 cm³/mol. The summed E-state index contributed by atoms with van der Waals surface area (Å²) in [5, 5.41) is 5.01. The number of amides is 1. The van der Waals surface area contributed by atoms with Crippen LogP contribution in [0.5, 0.6) is 0 Å². The summed E-state index contributed by atoms with van der Waals surface area (Å²) in [6.45, 7) is 2.01. The van der Waals surface area contributed by atoms with E-state index in [2.05, 4.69) is 21.4 Å². The second-order valence-electron chi connectivity index (χ2n) is 5.60. The summed E-state index contributed by atoms with van der Waals surface area (Å²) in [7, 11) is 0. The molecule has 0 atom stereocenters. The smallest absolute Gasteiger partial charge is 0.274 e.